The lowest BCUT2D eigenvalue weighted by Crippen LogP contribution is -2.45. The summed E-state index contributed by atoms with van der Waals surface area (Å²) in [7, 11) is -1.08. The summed E-state index contributed by atoms with van der Waals surface area (Å²) in [6.07, 6.45) is 6.44. The van der Waals surface area contributed by atoms with E-state index in [4.69, 9.17) is 0 Å². The van der Waals surface area contributed by atoms with E-state index in [9.17, 15) is 8.42 Å². The van der Waals surface area contributed by atoms with Crippen molar-refractivity contribution in [2.45, 2.75) is 68.9 Å². The van der Waals surface area contributed by atoms with Gasteiger partial charge in [-0.25, -0.2) is 8.42 Å². The summed E-state index contributed by atoms with van der Waals surface area (Å²) in [5.41, 5.74) is 0. The van der Waals surface area contributed by atoms with Gasteiger partial charge in [-0.3, -0.25) is 0 Å². The zero-order chi connectivity index (χ0) is 12.2. The van der Waals surface area contributed by atoms with E-state index in [1.165, 1.54) is 12.8 Å². The predicted molar refractivity (Wildman–Crippen MR) is 68.4 cm³/mol. The Labute approximate surface area is 99.9 Å². The molecule has 0 saturated heterocycles. The van der Waals surface area contributed by atoms with E-state index in [-0.39, 0.29) is 16.5 Å². The summed E-state index contributed by atoms with van der Waals surface area (Å²) < 4.78 is 24.6. The molecule has 1 aliphatic rings. The highest BCUT2D eigenvalue weighted by Gasteiger charge is 2.34. The van der Waals surface area contributed by atoms with Crippen molar-refractivity contribution >= 4 is 9.84 Å². The average molecular weight is 247 g/mol. The van der Waals surface area contributed by atoms with Crippen LogP contribution in [0, 0.1) is 0 Å². The molecule has 4 heteroatoms. The lowest BCUT2D eigenvalue weighted by Gasteiger charge is -2.30. The van der Waals surface area contributed by atoms with E-state index in [0.29, 0.717) is 0 Å². The maximum Gasteiger partial charge on any atom is 0.156 e. The van der Waals surface area contributed by atoms with Gasteiger partial charge in [0.1, 0.15) is 0 Å². The van der Waals surface area contributed by atoms with Crippen molar-refractivity contribution < 1.29 is 8.42 Å². The summed E-state index contributed by atoms with van der Waals surface area (Å²) in [4.78, 5) is 0. The van der Waals surface area contributed by atoms with Crippen LogP contribution in [0.4, 0.5) is 0 Å². The van der Waals surface area contributed by atoms with Gasteiger partial charge in [-0.15, -0.1) is 0 Å². The van der Waals surface area contributed by atoms with Gasteiger partial charge in [0.15, 0.2) is 9.84 Å². The van der Waals surface area contributed by atoms with Gasteiger partial charge in [0.05, 0.1) is 10.5 Å². The molecule has 0 aromatic heterocycles. The molecule has 1 N–H and O–H groups in total. The molecule has 3 nitrogen and oxygen atoms in total. The number of sulfone groups is 1. The molecule has 0 spiro atoms. The lowest BCUT2D eigenvalue weighted by molar-refractivity contribution is 0.403. The molecule has 0 aliphatic heterocycles. The standard InChI is InChI=1S/C12H25NO2S/c1-10(2)16(14,15)12-9-7-5-4-6-8-11(12)13-3/h10-13H,4-9H2,1-3H3. The van der Waals surface area contributed by atoms with Crippen LogP contribution in [0.1, 0.15) is 52.4 Å². The first-order valence-corrected chi connectivity index (χ1v) is 8.01. The Morgan fingerprint density at radius 2 is 1.62 bits per heavy atom. The maximum absolute atomic E-state index is 12.3. The first-order chi connectivity index (χ1) is 7.50. The highest BCUT2D eigenvalue weighted by molar-refractivity contribution is 7.92. The Morgan fingerprint density at radius 1 is 1.06 bits per heavy atom. The maximum atomic E-state index is 12.3. The Bertz CT molecular complexity index is 298. The molecule has 0 aromatic rings. The monoisotopic (exact) mass is 247 g/mol. The summed E-state index contributed by atoms with van der Waals surface area (Å²) in [5.74, 6) is 0. The van der Waals surface area contributed by atoms with E-state index in [2.05, 4.69) is 5.32 Å². The fourth-order valence-corrected chi connectivity index (χ4v) is 4.45. The molecule has 0 heterocycles. The van der Waals surface area contributed by atoms with Crippen molar-refractivity contribution in [2.24, 2.45) is 0 Å². The van der Waals surface area contributed by atoms with Gasteiger partial charge in [0, 0.05) is 6.04 Å². The normalized spacial score (nSPS) is 28.8. The summed E-state index contributed by atoms with van der Waals surface area (Å²) >= 11 is 0. The van der Waals surface area contributed by atoms with E-state index < -0.39 is 9.84 Å². The smallest absolute Gasteiger partial charge is 0.156 e. The first kappa shape index (κ1) is 14.0. The third-order valence-corrected chi connectivity index (χ3v) is 6.37. The van der Waals surface area contributed by atoms with Gasteiger partial charge in [0.25, 0.3) is 0 Å². The molecule has 1 aliphatic carbocycles. The summed E-state index contributed by atoms with van der Waals surface area (Å²) in [6, 6.07) is 0.146. The topological polar surface area (TPSA) is 46.2 Å². The minimum absolute atomic E-state index is 0.146. The van der Waals surface area contributed by atoms with Gasteiger partial charge in [0.2, 0.25) is 0 Å². The van der Waals surface area contributed by atoms with Gasteiger partial charge >= 0.3 is 0 Å². The molecule has 0 radical (unpaired) electrons. The fraction of sp³-hybridized carbons (Fsp3) is 1.00. The van der Waals surface area contributed by atoms with Crippen LogP contribution < -0.4 is 5.32 Å². The SMILES string of the molecule is CNC1CCCCCCC1S(=O)(=O)C(C)C. The second-order valence-corrected chi connectivity index (χ2v) is 7.79. The molecular formula is C12H25NO2S. The molecule has 1 fully saturated rings. The molecule has 16 heavy (non-hydrogen) atoms. The van der Waals surface area contributed by atoms with Gasteiger partial charge in [-0.05, 0) is 33.7 Å². The second kappa shape index (κ2) is 6.01. The van der Waals surface area contributed by atoms with Crippen molar-refractivity contribution in [1.29, 1.82) is 0 Å². The van der Waals surface area contributed by atoms with E-state index >= 15 is 0 Å². The summed E-state index contributed by atoms with van der Waals surface area (Å²) in [6.45, 7) is 3.58. The van der Waals surface area contributed by atoms with Crippen molar-refractivity contribution in [2.75, 3.05) is 7.05 Å². The van der Waals surface area contributed by atoms with Crippen molar-refractivity contribution in [1.82, 2.24) is 5.32 Å². The largest absolute Gasteiger partial charge is 0.316 e. The van der Waals surface area contributed by atoms with Gasteiger partial charge in [-0.1, -0.05) is 25.7 Å². The van der Waals surface area contributed by atoms with Crippen LogP contribution in [0.25, 0.3) is 0 Å². The highest BCUT2D eigenvalue weighted by Crippen LogP contribution is 2.25. The van der Waals surface area contributed by atoms with E-state index in [1.807, 2.05) is 7.05 Å². The Balaban J connectivity index is 2.86. The van der Waals surface area contributed by atoms with Crippen LogP contribution in [-0.2, 0) is 9.84 Å². The number of rotatable bonds is 3. The number of hydrogen-bond donors (Lipinski definition) is 1. The molecule has 2 unspecified atom stereocenters. The number of nitrogens with one attached hydrogen (secondary N) is 1. The van der Waals surface area contributed by atoms with Crippen LogP contribution in [0.5, 0.6) is 0 Å². The minimum Gasteiger partial charge on any atom is -0.316 e. The molecule has 0 aromatic carbocycles. The molecule has 1 saturated carbocycles. The van der Waals surface area contributed by atoms with Crippen LogP contribution >= 0.6 is 0 Å². The third kappa shape index (κ3) is 3.20. The van der Waals surface area contributed by atoms with Crippen molar-refractivity contribution in [3.05, 3.63) is 0 Å². The Hall–Kier alpha value is -0.0900. The Kier molecular flexibility index (Phi) is 5.25. The zero-order valence-electron chi connectivity index (χ0n) is 10.7. The zero-order valence-corrected chi connectivity index (χ0v) is 11.5. The van der Waals surface area contributed by atoms with Crippen molar-refractivity contribution in [3.63, 3.8) is 0 Å². The minimum atomic E-state index is -2.96. The average Bonchev–Trinajstić information content (AvgIpc) is 2.16. The summed E-state index contributed by atoms with van der Waals surface area (Å²) in [5, 5.41) is 2.76. The van der Waals surface area contributed by atoms with Gasteiger partial charge < -0.3 is 5.32 Å². The molecule has 0 bridgehead atoms. The second-order valence-electron chi connectivity index (χ2n) is 5.06. The van der Waals surface area contributed by atoms with Crippen LogP contribution in [-0.4, -0.2) is 32.0 Å². The van der Waals surface area contributed by atoms with Gasteiger partial charge in [-0.2, -0.15) is 0 Å². The molecule has 2 atom stereocenters. The Morgan fingerprint density at radius 3 is 2.12 bits per heavy atom. The molecular weight excluding hydrogens is 222 g/mol. The highest BCUT2D eigenvalue weighted by atomic mass is 32.2. The molecule has 1 rings (SSSR count). The van der Waals surface area contributed by atoms with Crippen molar-refractivity contribution in [3.8, 4) is 0 Å². The van der Waals surface area contributed by atoms with E-state index in [1.54, 1.807) is 13.8 Å². The first-order valence-electron chi connectivity index (χ1n) is 6.40. The van der Waals surface area contributed by atoms with Crippen LogP contribution in [0.3, 0.4) is 0 Å². The quantitative estimate of drug-likeness (QED) is 0.831. The van der Waals surface area contributed by atoms with E-state index in [0.717, 1.165) is 25.7 Å². The van der Waals surface area contributed by atoms with Crippen LogP contribution in [0.2, 0.25) is 0 Å². The fourth-order valence-electron chi connectivity index (χ4n) is 2.52. The number of hydrogen-bond acceptors (Lipinski definition) is 3. The predicted octanol–water partition coefficient (Wildman–Crippen LogP) is 2.12. The molecule has 0 amide bonds. The third-order valence-electron chi connectivity index (χ3n) is 3.65. The van der Waals surface area contributed by atoms with Crippen LogP contribution in [0.15, 0.2) is 0 Å². The molecule has 96 valence electrons. The lowest BCUT2D eigenvalue weighted by atomic mass is 9.96.